The maximum absolute atomic E-state index is 12.2. The smallest absolute Gasteiger partial charge is 0.402 e. The number of aliphatic carboxylic acids is 1. The Morgan fingerprint density at radius 2 is 1.84 bits per heavy atom. The van der Waals surface area contributed by atoms with E-state index in [1.807, 2.05) is 0 Å². The van der Waals surface area contributed by atoms with Gasteiger partial charge in [-0.1, -0.05) is 0 Å². The van der Waals surface area contributed by atoms with E-state index >= 15 is 0 Å². The van der Waals surface area contributed by atoms with E-state index in [1.54, 1.807) is 0 Å². The van der Waals surface area contributed by atoms with E-state index < -0.39 is 34.8 Å². The minimum Gasteiger partial charge on any atom is -0.481 e. The van der Waals surface area contributed by atoms with E-state index in [4.69, 9.17) is 5.11 Å². The lowest BCUT2D eigenvalue weighted by Crippen LogP contribution is -2.48. The molecule has 1 aliphatic rings. The molecule has 1 N–H and O–H groups in total. The van der Waals surface area contributed by atoms with E-state index in [2.05, 4.69) is 0 Å². The predicted octanol–water partition coefficient (Wildman–Crippen LogP) is 0.522. The molecule has 112 valence electrons. The second-order valence-corrected chi connectivity index (χ2v) is 6.43. The number of halogens is 3. The molecule has 1 aliphatic heterocycles. The van der Waals surface area contributed by atoms with Gasteiger partial charge in [-0.05, 0) is 12.8 Å². The van der Waals surface area contributed by atoms with Gasteiger partial charge in [0.1, 0.15) is 6.54 Å². The molecule has 0 atom stereocenters. The molecule has 0 radical (unpaired) electrons. The number of nitrogens with zero attached hydrogens (tertiary/aromatic N) is 2. The summed E-state index contributed by atoms with van der Waals surface area (Å²) in [5, 5.41) is 8.76. The molecule has 1 saturated heterocycles. The molecular weight excluding hydrogens is 289 g/mol. The molecular formula is C9H15F3N2O4S. The summed E-state index contributed by atoms with van der Waals surface area (Å²) >= 11 is 0. The van der Waals surface area contributed by atoms with Crippen molar-refractivity contribution < 1.29 is 31.5 Å². The first kappa shape index (κ1) is 16.2. The molecule has 0 bridgehead atoms. The average Bonchev–Trinajstić information content (AvgIpc) is 2.26. The van der Waals surface area contributed by atoms with Gasteiger partial charge in [0, 0.05) is 20.1 Å². The van der Waals surface area contributed by atoms with Crippen LogP contribution in [-0.4, -0.2) is 61.0 Å². The number of piperidine rings is 1. The fraction of sp³-hybridized carbons (Fsp3) is 0.889. The molecule has 1 heterocycles. The molecule has 0 amide bonds. The number of hydrogen-bond acceptors (Lipinski definition) is 3. The quantitative estimate of drug-likeness (QED) is 0.821. The van der Waals surface area contributed by atoms with E-state index in [9.17, 15) is 26.4 Å². The first-order valence-electron chi connectivity index (χ1n) is 5.55. The van der Waals surface area contributed by atoms with E-state index in [-0.39, 0.29) is 30.2 Å². The summed E-state index contributed by atoms with van der Waals surface area (Å²) in [4.78, 5) is 10.7. The van der Waals surface area contributed by atoms with Crippen LogP contribution in [0.4, 0.5) is 13.2 Å². The zero-order valence-electron chi connectivity index (χ0n) is 10.2. The molecule has 0 saturated carbocycles. The number of carboxylic acids is 1. The fourth-order valence-electron chi connectivity index (χ4n) is 1.86. The zero-order valence-corrected chi connectivity index (χ0v) is 11.0. The normalized spacial score (nSPS) is 19.8. The van der Waals surface area contributed by atoms with Crippen molar-refractivity contribution >= 4 is 16.2 Å². The van der Waals surface area contributed by atoms with Crippen LogP contribution in [0.1, 0.15) is 12.8 Å². The lowest BCUT2D eigenvalue weighted by Gasteiger charge is -2.32. The highest BCUT2D eigenvalue weighted by molar-refractivity contribution is 7.86. The third-order valence-electron chi connectivity index (χ3n) is 2.93. The third kappa shape index (κ3) is 4.32. The molecule has 1 fully saturated rings. The van der Waals surface area contributed by atoms with E-state index in [1.165, 1.54) is 0 Å². The topological polar surface area (TPSA) is 77.9 Å². The second-order valence-electron chi connectivity index (χ2n) is 4.39. The van der Waals surface area contributed by atoms with Crippen LogP contribution in [0.15, 0.2) is 0 Å². The summed E-state index contributed by atoms with van der Waals surface area (Å²) in [5.41, 5.74) is 0. The van der Waals surface area contributed by atoms with Crippen molar-refractivity contribution in [1.29, 1.82) is 0 Å². The van der Waals surface area contributed by atoms with Gasteiger partial charge >= 0.3 is 12.1 Å². The highest BCUT2D eigenvalue weighted by Crippen LogP contribution is 2.23. The zero-order chi connectivity index (χ0) is 14.8. The van der Waals surface area contributed by atoms with Crippen molar-refractivity contribution in [2.45, 2.75) is 19.0 Å². The van der Waals surface area contributed by atoms with Gasteiger partial charge in [0.15, 0.2) is 0 Å². The van der Waals surface area contributed by atoms with Crippen LogP contribution in [0.5, 0.6) is 0 Å². The molecule has 0 spiro atoms. The lowest BCUT2D eigenvalue weighted by atomic mass is 9.99. The first-order chi connectivity index (χ1) is 8.54. The minimum absolute atomic E-state index is 0.0818. The maximum Gasteiger partial charge on any atom is 0.402 e. The Bertz CT molecular complexity index is 429. The third-order valence-corrected chi connectivity index (χ3v) is 4.86. The fourth-order valence-corrected chi connectivity index (χ4v) is 3.24. The van der Waals surface area contributed by atoms with Crippen LogP contribution < -0.4 is 0 Å². The van der Waals surface area contributed by atoms with Gasteiger partial charge in [-0.3, -0.25) is 4.79 Å². The molecule has 0 unspecified atom stereocenters. The number of rotatable bonds is 4. The van der Waals surface area contributed by atoms with Crippen LogP contribution in [-0.2, 0) is 15.0 Å². The monoisotopic (exact) mass is 304 g/mol. The standard InChI is InChI=1S/C9H15F3N2O4S/c1-13(6-9(10,11)12)19(17,18)14-4-2-7(3-5-14)8(15)16/h7H,2-6H2,1H3,(H,15,16). The molecule has 0 aromatic heterocycles. The molecule has 0 aliphatic carbocycles. The number of alkyl halides is 3. The largest absolute Gasteiger partial charge is 0.481 e. The molecule has 6 nitrogen and oxygen atoms in total. The van der Waals surface area contributed by atoms with E-state index in [0.29, 0.717) is 0 Å². The van der Waals surface area contributed by atoms with Crippen LogP contribution in [0.3, 0.4) is 0 Å². The Balaban J connectivity index is 2.67. The Morgan fingerprint density at radius 1 is 1.37 bits per heavy atom. The summed E-state index contributed by atoms with van der Waals surface area (Å²) in [6, 6.07) is 0. The van der Waals surface area contributed by atoms with Crippen LogP contribution in [0, 0.1) is 5.92 Å². The van der Waals surface area contributed by atoms with Gasteiger partial charge in [0.05, 0.1) is 5.92 Å². The van der Waals surface area contributed by atoms with Gasteiger partial charge in [-0.25, -0.2) is 0 Å². The Kier molecular flexibility index (Phi) is 4.80. The van der Waals surface area contributed by atoms with Crippen molar-refractivity contribution in [3.05, 3.63) is 0 Å². The Labute approximate surface area is 109 Å². The van der Waals surface area contributed by atoms with Crippen molar-refractivity contribution in [3.63, 3.8) is 0 Å². The highest BCUT2D eigenvalue weighted by atomic mass is 32.2. The van der Waals surface area contributed by atoms with Crippen LogP contribution >= 0.6 is 0 Å². The molecule has 10 heteroatoms. The summed E-state index contributed by atoms with van der Waals surface area (Å²) in [5.74, 6) is -1.65. The lowest BCUT2D eigenvalue weighted by molar-refractivity contribution is -0.142. The van der Waals surface area contributed by atoms with Crippen molar-refractivity contribution in [3.8, 4) is 0 Å². The van der Waals surface area contributed by atoms with Gasteiger partial charge < -0.3 is 5.11 Å². The molecule has 0 aromatic carbocycles. The molecule has 19 heavy (non-hydrogen) atoms. The van der Waals surface area contributed by atoms with Gasteiger partial charge in [0.2, 0.25) is 0 Å². The number of hydrogen-bond donors (Lipinski definition) is 1. The summed E-state index contributed by atoms with van der Waals surface area (Å²) in [6.45, 7) is -1.73. The Hall–Kier alpha value is -0.870. The number of carbonyl (C=O) groups is 1. The van der Waals surface area contributed by atoms with Crippen molar-refractivity contribution in [1.82, 2.24) is 8.61 Å². The van der Waals surface area contributed by atoms with Crippen molar-refractivity contribution in [2.75, 3.05) is 26.7 Å². The second kappa shape index (κ2) is 5.63. The SMILES string of the molecule is CN(CC(F)(F)F)S(=O)(=O)N1CCC(C(=O)O)CC1. The maximum atomic E-state index is 12.2. The average molecular weight is 304 g/mol. The van der Waals surface area contributed by atoms with Gasteiger partial charge in [-0.2, -0.15) is 30.2 Å². The summed E-state index contributed by atoms with van der Waals surface area (Å²) < 4.78 is 61.3. The summed E-state index contributed by atoms with van der Waals surface area (Å²) in [6.07, 6.45) is -4.40. The summed E-state index contributed by atoms with van der Waals surface area (Å²) in [7, 11) is -3.34. The van der Waals surface area contributed by atoms with Crippen LogP contribution in [0.25, 0.3) is 0 Å². The molecule has 1 rings (SSSR count). The van der Waals surface area contributed by atoms with Crippen LogP contribution in [0.2, 0.25) is 0 Å². The van der Waals surface area contributed by atoms with E-state index in [0.717, 1.165) is 11.4 Å². The highest BCUT2D eigenvalue weighted by Gasteiger charge is 2.38. The van der Waals surface area contributed by atoms with Crippen molar-refractivity contribution in [2.24, 2.45) is 5.92 Å². The van der Waals surface area contributed by atoms with Gasteiger partial charge in [-0.15, -0.1) is 0 Å². The minimum atomic E-state index is -4.61. The number of carboxylic acid groups (broad SMARTS) is 1. The first-order valence-corrected chi connectivity index (χ1v) is 6.94. The van der Waals surface area contributed by atoms with Gasteiger partial charge in [0.25, 0.3) is 10.2 Å². The Morgan fingerprint density at radius 3 is 2.21 bits per heavy atom. The predicted molar refractivity (Wildman–Crippen MR) is 59.5 cm³/mol. The molecule has 0 aromatic rings.